The van der Waals surface area contributed by atoms with Crippen molar-refractivity contribution < 1.29 is 0 Å². The van der Waals surface area contributed by atoms with Gasteiger partial charge in [0, 0.05) is 32.2 Å². The zero-order chi connectivity index (χ0) is 14.5. The van der Waals surface area contributed by atoms with Crippen molar-refractivity contribution in [3.63, 3.8) is 0 Å². The summed E-state index contributed by atoms with van der Waals surface area (Å²) in [7, 11) is 0. The van der Waals surface area contributed by atoms with Gasteiger partial charge in [-0.2, -0.15) is 0 Å². The first-order chi connectivity index (χ1) is 9.56. The van der Waals surface area contributed by atoms with Crippen LogP contribution in [0.2, 0.25) is 0 Å². The lowest BCUT2D eigenvalue weighted by Crippen LogP contribution is -2.49. The van der Waals surface area contributed by atoms with Gasteiger partial charge in [0.25, 0.3) is 0 Å². The standard InChI is InChI=1S/C18H36N2/c1-15(2)18-7-5-17(6-8-18)9-10-19-11-13-20(14-12-19)16(3)4/h15-18H,5-14H2,1-4H3. The van der Waals surface area contributed by atoms with E-state index in [-0.39, 0.29) is 0 Å². The molecule has 1 heterocycles. The van der Waals surface area contributed by atoms with Crippen LogP contribution in [-0.2, 0) is 0 Å². The van der Waals surface area contributed by atoms with Crippen molar-refractivity contribution in [1.82, 2.24) is 9.80 Å². The van der Waals surface area contributed by atoms with Gasteiger partial charge in [-0.05, 0) is 57.4 Å². The molecule has 2 fully saturated rings. The third-order valence-corrected chi connectivity index (χ3v) is 5.82. The Morgan fingerprint density at radius 2 is 1.45 bits per heavy atom. The highest BCUT2D eigenvalue weighted by Crippen LogP contribution is 2.34. The van der Waals surface area contributed by atoms with Gasteiger partial charge in [-0.1, -0.05) is 26.7 Å². The molecule has 20 heavy (non-hydrogen) atoms. The van der Waals surface area contributed by atoms with E-state index < -0.39 is 0 Å². The first kappa shape index (κ1) is 16.3. The van der Waals surface area contributed by atoms with E-state index in [1.54, 1.807) is 0 Å². The molecular weight excluding hydrogens is 244 g/mol. The monoisotopic (exact) mass is 280 g/mol. The Morgan fingerprint density at radius 3 is 1.95 bits per heavy atom. The van der Waals surface area contributed by atoms with E-state index in [1.807, 2.05) is 0 Å². The molecule has 0 unspecified atom stereocenters. The molecule has 1 aliphatic heterocycles. The van der Waals surface area contributed by atoms with Crippen LogP contribution in [0.15, 0.2) is 0 Å². The lowest BCUT2D eigenvalue weighted by atomic mass is 9.76. The molecule has 0 spiro atoms. The van der Waals surface area contributed by atoms with Crippen molar-refractivity contribution in [3.05, 3.63) is 0 Å². The second kappa shape index (κ2) is 7.79. The minimum atomic E-state index is 0.725. The normalized spacial score (nSPS) is 30.3. The minimum absolute atomic E-state index is 0.725. The average molecular weight is 280 g/mol. The molecule has 0 aromatic heterocycles. The van der Waals surface area contributed by atoms with Crippen LogP contribution in [0.5, 0.6) is 0 Å². The van der Waals surface area contributed by atoms with Gasteiger partial charge in [-0.15, -0.1) is 0 Å². The SMILES string of the molecule is CC(C)C1CCC(CCN2CCN(C(C)C)CC2)CC1. The van der Waals surface area contributed by atoms with E-state index in [4.69, 9.17) is 0 Å². The maximum Gasteiger partial charge on any atom is 0.0113 e. The largest absolute Gasteiger partial charge is 0.301 e. The van der Waals surface area contributed by atoms with Crippen LogP contribution in [0.25, 0.3) is 0 Å². The lowest BCUT2D eigenvalue weighted by molar-refractivity contribution is 0.0996. The predicted octanol–water partition coefficient (Wildman–Crippen LogP) is 3.86. The van der Waals surface area contributed by atoms with Crippen molar-refractivity contribution in [2.75, 3.05) is 32.7 Å². The van der Waals surface area contributed by atoms with Crippen LogP contribution in [0, 0.1) is 17.8 Å². The predicted molar refractivity (Wildman–Crippen MR) is 88.1 cm³/mol. The van der Waals surface area contributed by atoms with Crippen molar-refractivity contribution >= 4 is 0 Å². The van der Waals surface area contributed by atoms with Crippen LogP contribution < -0.4 is 0 Å². The Morgan fingerprint density at radius 1 is 0.850 bits per heavy atom. The molecule has 1 saturated heterocycles. The molecule has 2 rings (SSSR count). The summed E-state index contributed by atoms with van der Waals surface area (Å²) in [5.74, 6) is 2.94. The fraction of sp³-hybridized carbons (Fsp3) is 1.00. The van der Waals surface area contributed by atoms with Crippen molar-refractivity contribution in [2.24, 2.45) is 17.8 Å². The maximum absolute atomic E-state index is 2.70. The molecule has 2 aliphatic rings. The van der Waals surface area contributed by atoms with Gasteiger partial charge in [0.05, 0.1) is 0 Å². The number of nitrogens with zero attached hydrogens (tertiary/aromatic N) is 2. The molecule has 0 aromatic carbocycles. The lowest BCUT2D eigenvalue weighted by Gasteiger charge is -2.38. The first-order valence-corrected chi connectivity index (χ1v) is 9.02. The summed E-state index contributed by atoms with van der Waals surface area (Å²) >= 11 is 0. The van der Waals surface area contributed by atoms with Gasteiger partial charge in [-0.25, -0.2) is 0 Å². The molecule has 0 bridgehead atoms. The average Bonchev–Trinajstić information content (AvgIpc) is 2.46. The molecule has 2 heteroatoms. The summed E-state index contributed by atoms with van der Waals surface area (Å²) in [6.45, 7) is 15.9. The number of hydrogen-bond donors (Lipinski definition) is 0. The molecule has 2 nitrogen and oxygen atoms in total. The van der Waals surface area contributed by atoms with E-state index in [1.165, 1.54) is 64.8 Å². The van der Waals surface area contributed by atoms with E-state index in [2.05, 4.69) is 37.5 Å². The Bertz CT molecular complexity index is 231. The van der Waals surface area contributed by atoms with Gasteiger partial charge in [0.1, 0.15) is 0 Å². The van der Waals surface area contributed by atoms with Crippen molar-refractivity contribution in [3.8, 4) is 0 Å². The molecular formula is C18H36N2. The summed E-state index contributed by atoms with van der Waals surface area (Å²) in [5, 5.41) is 0. The number of rotatable bonds is 5. The van der Waals surface area contributed by atoms with Gasteiger partial charge in [0.15, 0.2) is 0 Å². The highest BCUT2D eigenvalue weighted by Gasteiger charge is 2.24. The number of piperazine rings is 1. The molecule has 0 aromatic rings. The summed E-state index contributed by atoms with van der Waals surface area (Å²) in [4.78, 5) is 5.32. The zero-order valence-corrected chi connectivity index (χ0v) is 14.3. The quantitative estimate of drug-likeness (QED) is 0.754. The molecule has 118 valence electrons. The zero-order valence-electron chi connectivity index (χ0n) is 14.3. The Hall–Kier alpha value is -0.0800. The molecule has 0 radical (unpaired) electrons. The Kier molecular flexibility index (Phi) is 6.35. The third kappa shape index (κ3) is 4.73. The van der Waals surface area contributed by atoms with Gasteiger partial charge in [0.2, 0.25) is 0 Å². The van der Waals surface area contributed by atoms with Crippen LogP contribution >= 0.6 is 0 Å². The summed E-state index contributed by atoms with van der Waals surface area (Å²) < 4.78 is 0. The second-order valence-corrected chi connectivity index (χ2v) is 7.78. The molecule has 0 N–H and O–H groups in total. The maximum atomic E-state index is 2.70. The van der Waals surface area contributed by atoms with Crippen LogP contribution in [0.1, 0.15) is 59.8 Å². The molecule has 0 amide bonds. The van der Waals surface area contributed by atoms with E-state index in [0.29, 0.717) is 0 Å². The highest BCUT2D eigenvalue weighted by atomic mass is 15.3. The van der Waals surface area contributed by atoms with Gasteiger partial charge < -0.3 is 4.90 Å². The topological polar surface area (TPSA) is 6.48 Å². The van der Waals surface area contributed by atoms with Gasteiger partial charge in [-0.3, -0.25) is 4.90 Å². The van der Waals surface area contributed by atoms with Crippen LogP contribution in [0.3, 0.4) is 0 Å². The van der Waals surface area contributed by atoms with E-state index in [9.17, 15) is 0 Å². The van der Waals surface area contributed by atoms with E-state index >= 15 is 0 Å². The Labute approximate surface area is 126 Å². The third-order valence-electron chi connectivity index (χ3n) is 5.82. The number of hydrogen-bond acceptors (Lipinski definition) is 2. The van der Waals surface area contributed by atoms with Gasteiger partial charge >= 0.3 is 0 Å². The van der Waals surface area contributed by atoms with Crippen molar-refractivity contribution in [2.45, 2.75) is 65.8 Å². The summed E-state index contributed by atoms with van der Waals surface area (Å²) in [5.41, 5.74) is 0. The summed E-state index contributed by atoms with van der Waals surface area (Å²) in [6.07, 6.45) is 7.42. The smallest absolute Gasteiger partial charge is 0.0113 e. The summed E-state index contributed by atoms with van der Waals surface area (Å²) in [6, 6.07) is 0.725. The molecule has 1 aliphatic carbocycles. The fourth-order valence-electron chi connectivity index (χ4n) is 4.01. The molecule has 0 atom stereocenters. The minimum Gasteiger partial charge on any atom is -0.301 e. The van der Waals surface area contributed by atoms with Crippen LogP contribution in [-0.4, -0.2) is 48.6 Å². The first-order valence-electron chi connectivity index (χ1n) is 9.02. The van der Waals surface area contributed by atoms with Crippen LogP contribution in [0.4, 0.5) is 0 Å². The second-order valence-electron chi connectivity index (χ2n) is 7.78. The van der Waals surface area contributed by atoms with Crippen molar-refractivity contribution in [1.29, 1.82) is 0 Å². The fourth-order valence-corrected chi connectivity index (χ4v) is 4.01. The Balaban J connectivity index is 1.60. The highest BCUT2D eigenvalue weighted by molar-refractivity contribution is 4.78. The molecule has 1 saturated carbocycles. The van der Waals surface area contributed by atoms with E-state index in [0.717, 1.165) is 23.8 Å².